The van der Waals surface area contributed by atoms with Crippen molar-refractivity contribution in [3.8, 4) is 10.8 Å². The molecule has 0 radical (unpaired) electrons. The lowest BCUT2D eigenvalue weighted by Gasteiger charge is -1.91. The molecule has 1 unspecified atom stereocenters. The lowest BCUT2D eigenvalue weighted by molar-refractivity contribution is 0.724. The molecule has 0 aromatic carbocycles. The number of hydrogen-bond donors (Lipinski definition) is 0. The van der Waals surface area contributed by atoms with Crippen molar-refractivity contribution in [2.45, 2.75) is 20.3 Å². The lowest BCUT2D eigenvalue weighted by Crippen LogP contribution is -1.82. The molecule has 0 aliphatic rings. The quantitative estimate of drug-likeness (QED) is 0.518. The number of hydrogen-bond acceptors (Lipinski definition) is 0. The topological polar surface area (TPSA) is 0 Å². The van der Waals surface area contributed by atoms with Crippen molar-refractivity contribution in [1.29, 1.82) is 0 Å². The predicted octanol–water partition coefficient (Wildman–Crippen LogP) is 2.39. The molecule has 0 rings (SSSR count). The highest BCUT2D eigenvalue weighted by Gasteiger charge is 1.86. The van der Waals surface area contributed by atoms with Gasteiger partial charge in [-0.1, -0.05) is 19.8 Å². The fraction of sp³-hybridized carbons (Fsp3) is 0.667. The molecule has 1 atom stereocenters. The third kappa shape index (κ3) is 3.88. The Morgan fingerprint density at radius 1 is 1.71 bits per heavy atom. The molecule has 0 heterocycles. The van der Waals surface area contributed by atoms with Crippen LogP contribution in [0.2, 0.25) is 0 Å². The zero-order valence-corrected chi connectivity index (χ0v) is 6.25. The molecule has 7 heavy (non-hydrogen) atoms. The first-order valence-corrected chi connectivity index (χ1v) is 3.21. The van der Waals surface area contributed by atoms with Crippen LogP contribution in [0.25, 0.3) is 0 Å². The molecule has 0 saturated carbocycles. The van der Waals surface area contributed by atoms with Crippen molar-refractivity contribution in [3.63, 3.8) is 0 Å². The minimum Gasteiger partial charge on any atom is -0.0877 e. The van der Waals surface area contributed by atoms with Gasteiger partial charge in [0.05, 0.1) is 0 Å². The summed E-state index contributed by atoms with van der Waals surface area (Å²) in [5.74, 6) is 3.50. The predicted molar refractivity (Wildman–Crippen MR) is 36.2 cm³/mol. The standard InChI is InChI=1S/C6H9Br/c1-3-6(2)4-5-7/h6H,3H2,1-2H3. The second kappa shape index (κ2) is 4.21. The van der Waals surface area contributed by atoms with E-state index in [1.165, 1.54) is 0 Å². The van der Waals surface area contributed by atoms with Gasteiger partial charge in [0.2, 0.25) is 0 Å². The molecule has 0 nitrogen and oxygen atoms in total. The van der Waals surface area contributed by atoms with Gasteiger partial charge in [0, 0.05) is 21.8 Å². The molecule has 0 amide bonds. The van der Waals surface area contributed by atoms with Crippen LogP contribution in [0.4, 0.5) is 0 Å². The highest BCUT2D eigenvalue weighted by Crippen LogP contribution is 1.96. The van der Waals surface area contributed by atoms with E-state index in [0.29, 0.717) is 5.92 Å². The molecule has 0 N–H and O–H groups in total. The van der Waals surface area contributed by atoms with Crippen molar-refractivity contribution in [2.75, 3.05) is 0 Å². The summed E-state index contributed by atoms with van der Waals surface area (Å²) in [6.45, 7) is 4.23. The third-order valence-corrected chi connectivity index (χ3v) is 1.14. The molecule has 0 aromatic heterocycles. The Kier molecular flexibility index (Phi) is 4.23. The average Bonchev–Trinajstić information content (AvgIpc) is 1.68. The maximum Gasteiger partial charge on any atom is 0.0180 e. The van der Waals surface area contributed by atoms with Crippen LogP contribution < -0.4 is 0 Å². The van der Waals surface area contributed by atoms with E-state index in [2.05, 4.69) is 40.5 Å². The maximum atomic E-state index is 3.03. The van der Waals surface area contributed by atoms with Gasteiger partial charge in [0.15, 0.2) is 0 Å². The summed E-state index contributed by atoms with van der Waals surface area (Å²) in [5.41, 5.74) is 0. The minimum atomic E-state index is 0.541. The van der Waals surface area contributed by atoms with E-state index in [1.807, 2.05) is 0 Å². The van der Waals surface area contributed by atoms with Gasteiger partial charge in [0.1, 0.15) is 0 Å². The molecular formula is C6H9Br. The van der Waals surface area contributed by atoms with Gasteiger partial charge < -0.3 is 0 Å². The minimum absolute atomic E-state index is 0.541. The van der Waals surface area contributed by atoms with Crippen LogP contribution in [0.5, 0.6) is 0 Å². The van der Waals surface area contributed by atoms with Gasteiger partial charge in [-0.25, -0.2) is 0 Å². The van der Waals surface area contributed by atoms with Crippen molar-refractivity contribution in [1.82, 2.24) is 0 Å². The van der Waals surface area contributed by atoms with E-state index >= 15 is 0 Å². The Morgan fingerprint density at radius 2 is 2.29 bits per heavy atom. The second-order valence-corrected chi connectivity index (χ2v) is 1.94. The molecule has 0 fully saturated rings. The van der Waals surface area contributed by atoms with Gasteiger partial charge in [-0.05, 0) is 11.3 Å². The lowest BCUT2D eigenvalue weighted by atomic mass is 10.1. The van der Waals surface area contributed by atoms with Gasteiger partial charge in [-0.3, -0.25) is 0 Å². The van der Waals surface area contributed by atoms with E-state index in [0.717, 1.165) is 6.42 Å². The molecule has 40 valence electrons. The monoisotopic (exact) mass is 160 g/mol. The van der Waals surface area contributed by atoms with Crippen LogP contribution in [0.3, 0.4) is 0 Å². The maximum absolute atomic E-state index is 3.03. The molecular weight excluding hydrogens is 152 g/mol. The van der Waals surface area contributed by atoms with Crippen molar-refractivity contribution < 1.29 is 0 Å². The van der Waals surface area contributed by atoms with Crippen LogP contribution in [0.15, 0.2) is 0 Å². The summed E-state index contributed by atoms with van der Waals surface area (Å²) >= 11 is 3.03. The highest BCUT2D eigenvalue weighted by atomic mass is 79.9. The van der Waals surface area contributed by atoms with E-state index in [1.54, 1.807) is 0 Å². The van der Waals surface area contributed by atoms with Gasteiger partial charge >= 0.3 is 0 Å². The Morgan fingerprint density at radius 3 is 2.43 bits per heavy atom. The Bertz CT molecular complexity index is 86.1. The van der Waals surface area contributed by atoms with Crippen LogP contribution in [0, 0.1) is 16.7 Å². The highest BCUT2D eigenvalue weighted by molar-refractivity contribution is 9.12. The zero-order chi connectivity index (χ0) is 5.70. The Balaban J connectivity index is 3.29. The van der Waals surface area contributed by atoms with Crippen LogP contribution in [-0.2, 0) is 0 Å². The summed E-state index contributed by atoms with van der Waals surface area (Å²) in [4.78, 5) is 2.68. The molecule has 0 saturated heterocycles. The van der Waals surface area contributed by atoms with Crippen LogP contribution in [0.1, 0.15) is 20.3 Å². The fourth-order valence-electron chi connectivity index (χ4n) is 0.195. The summed E-state index contributed by atoms with van der Waals surface area (Å²) in [6.07, 6.45) is 1.14. The van der Waals surface area contributed by atoms with E-state index < -0.39 is 0 Å². The van der Waals surface area contributed by atoms with Crippen molar-refractivity contribution in [3.05, 3.63) is 0 Å². The van der Waals surface area contributed by atoms with E-state index in [4.69, 9.17) is 0 Å². The molecule has 0 spiro atoms. The van der Waals surface area contributed by atoms with Crippen LogP contribution >= 0.6 is 15.9 Å². The van der Waals surface area contributed by atoms with Gasteiger partial charge in [0.25, 0.3) is 0 Å². The summed E-state index contributed by atoms with van der Waals surface area (Å²) < 4.78 is 0. The second-order valence-electron chi connectivity index (χ2n) is 1.55. The van der Waals surface area contributed by atoms with Crippen molar-refractivity contribution >= 4 is 15.9 Å². The average molecular weight is 161 g/mol. The molecule has 0 bridgehead atoms. The largest absolute Gasteiger partial charge is 0.0877 e. The zero-order valence-electron chi connectivity index (χ0n) is 4.66. The Labute approximate surface area is 53.4 Å². The number of rotatable bonds is 1. The SMILES string of the molecule is CCC(C)C#CBr. The molecule has 0 aliphatic carbocycles. The third-order valence-electron chi connectivity index (χ3n) is 0.913. The number of halogens is 1. The van der Waals surface area contributed by atoms with Crippen LogP contribution in [-0.4, -0.2) is 0 Å². The normalized spacial score (nSPS) is 11.9. The summed E-state index contributed by atoms with van der Waals surface area (Å²) in [7, 11) is 0. The van der Waals surface area contributed by atoms with E-state index in [9.17, 15) is 0 Å². The van der Waals surface area contributed by atoms with Gasteiger partial charge in [-0.2, -0.15) is 0 Å². The first kappa shape index (κ1) is 7.04. The Hall–Kier alpha value is 0.0400. The van der Waals surface area contributed by atoms with Gasteiger partial charge in [-0.15, -0.1) is 0 Å². The summed E-state index contributed by atoms with van der Waals surface area (Å²) in [5, 5.41) is 0. The van der Waals surface area contributed by atoms with Crippen molar-refractivity contribution in [2.24, 2.45) is 5.92 Å². The smallest absolute Gasteiger partial charge is 0.0180 e. The molecule has 1 heteroatoms. The first-order chi connectivity index (χ1) is 3.31. The molecule has 0 aliphatic heterocycles. The fourth-order valence-corrected chi connectivity index (χ4v) is 0.586. The van der Waals surface area contributed by atoms with E-state index in [-0.39, 0.29) is 0 Å². The first-order valence-electron chi connectivity index (χ1n) is 2.42. The molecule has 0 aromatic rings. The summed E-state index contributed by atoms with van der Waals surface area (Å²) in [6, 6.07) is 0.